The van der Waals surface area contributed by atoms with Crippen molar-refractivity contribution in [2.24, 2.45) is 0 Å². The Kier molecular flexibility index (Phi) is 2.35. The number of aromatic nitrogens is 1. The summed E-state index contributed by atoms with van der Waals surface area (Å²) in [5.41, 5.74) is 0.731. The van der Waals surface area contributed by atoms with Crippen LogP contribution in [0, 0.1) is 12.3 Å². The lowest BCUT2D eigenvalue weighted by molar-refractivity contribution is 1.20. The Morgan fingerprint density at radius 1 is 1.70 bits per heavy atom. The lowest BCUT2D eigenvalue weighted by Crippen LogP contribution is -1.83. The molecule has 0 radical (unpaired) electrons. The van der Waals surface area contributed by atoms with Gasteiger partial charge in [0.05, 0.1) is 0 Å². The topological polar surface area (TPSA) is 12.9 Å². The Morgan fingerprint density at radius 2 is 2.50 bits per heavy atom. The molecular weight excluding hydrogens is 142 g/mol. The number of rotatable bonds is 1. The van der Waals surface area contributed by atoms with Crippen LogP contribution in [-0.4, -0.2) is 11.2 Å². The van der Waals surface area contributed by atoms with Gasteiger partial charge in [-0.1, -0.05) is 0 Å². The summed E-state index contributed by atoms with van der Waals surface area (Å²) in [6, 6.07) is 3.85. The summed E-state index contributed by atoms with van der Waals surface area (Å²) >= 11 is 1.61. The molecule has 50 valence electrons. The van der Waals surface area contributed by atoms with Crippen LogP contribution in [0.2, 0.25) is 0 Å². The second-order valence-electron chi connectivity index (χ2n) is 1.70. The highest BCUT2D eigenvalue weighted by atomic mass is 32.2. The van der Waals surface area contributed by atoms with Crippen LogP contribution in [0.25, 0.3) is 0 Å². The van der Waals surface area contributed by atoms with Gasteiger partial charge in [-0.15, -0.1) is 18.2 Å². The Balaban J connectivity index is 3.12. The van der Waals surface area contributed by atoms with Crippen molar-refractivity contribution in [1.29, 1.82) is 0 Å². The monoisotopic (exact) mass is 149 g/mol. The molecule has 0 aliphatic carbocycles. The molecule has 10 heavy (non-hydrogen) atoms. The molecule has 0 unspecified atom stereocenters. The zero-order chi connectivity index (χ0) is 7.40. The van der Waals surface area contributed by atoms with Crippen molar-refractivity contribution in [3.8, 4) is 12.3 Å². The zero-order valence-electron chi connectivity index (χ0n) is 5.66. The Bertz CT molecular complexity index is 262. The average molecular weight is 149 g/mol. The molecule has 0 bridgehead atoms. The van der Waals surface area contributed by atoms with Crippen LogP contribution in [0.15, 0.2) is 23.2 Å². The quantitative estimate of drug-likeness (QED) is 0.446. The number of nitrogens with zero attached hydrogens (tertiary/aromatic N) is 1. The maximum atomic E-state index is 5.20. The fraction of sp³-hybridized carbons (Fsp3) is 0.125. The molecule has 0 aliphatic rings. The second-order valence-corrected chi connectivity index (χ2v) is 2.55. The van der Waals surface area contributed by atoms with Crippen molar-refractivity contribution in [2.45, 2.75) is 4.90 Å². The molecule has 1 heterocycles. The van der Waals surface area contributed by atoms with Crippen LogP contribution in [-0.2, 0) is 0 Å². The van der Waals surface area contributed by atoms with Gasteiger partial charge in [-0.2, -0.15) is 0 Å². The Morgan fingerprint density at radius 3 is 3.00 bits per heavy atom. The fourth-order valence-corrected chi connectivity index (χ4v) is 1.18. The van der Waals surface area contributed by atoms with E-state index in [0.717, 1.165) is 10.6 Å². The van der Waals surface area contributed by atoms with E-state index in [4.69, 9.17) is 6.42 Å². The normalized spacial score (nSPS) is 8.80. The molecule has 0 saturated carbocycles. The molecule has 1 aromatic heterocycles. The summed E-state index contributed by atoms with van der Waals surface area (Å²) in [6.45, 7) is 0. The average Bonchev–Trinajstić information content (AvgIpc) is 2.04. The van der Waals surface area contributed by atoms with E-state index in [-0.39, 0.29) is 0 Å². The molecule has 0 saturated heterocycles. The van der Waals surface area contributed by atoms with Gasteiger partial charge < -0.3 is 0 Å². The Hall–Kier alpha value is -0.940. The van der Waals surface area contributed by atoms with Crippen molar-refractivity contribution in [3.05, 3.63) is 24.0 Å². The number of hydrogen-bond donors (Lipinski definition) is 0. The minimum absolute atomic E-state index is 0.731. The maximum Gasteiger partial charge on any atom is 0.126 e. The van der Waals surface area contributed by atoms with Crippen molar-refractivity contribution in [3.63, 3.8) is 0 Å². The third-order valence-electron chi connectivity index (χ3n) is 1.13. The molecular formula is C8H7NS. The van der Waals surface area contributed by atoms with Gasteiger partial charge in [0.2, 0.25) is 0 Å². The van der Waals surface area contributed by atoms with E-state index < -0.39 is 0 Å². The molecule has 0 aliphatic heterocycles. The predicted molar refractivity (Wildman–Crippen MR) is 44.0 cm³/mol. The summed E-state index contributed by atoms with van der Waals surface area (Å²) in [5.74, 6) is 2.51. The number of terminal acetylenes is 1. The third-order valence-corrected chi connectivity index (χ3v) is 1.90. The van der Waals surface area contributed by atoms with Gasteiger partial charge in [0.25, 0.3) is 0 Å². The van der Waals surface area contributed by atoms with E-state index >= 15 is 0 Å². The van der Waals surface area contributed by atoms with Crippen LogP contribution in [0.1, 0.15) is 5.69 Å². The minimum atomic E-state index is 0.731. The van der Waals surface area contributed by atoms with Gasteiger partial charge in [-0.05, 0) is 24.3 Å². The van der Waals surface area contributed by atoms with Gasteiger partial charge in [0.15, 0.2) is 0 Å². The summed E-state index contributed by atoms with van der Waals surface area (Å²) < 4.78 is 0. The van der Waals surface area contributed by atoms with E-state index in [1.807, 2.05) is 18.4 Å². The van der Waals surface area contributed by atoms with Gasteiger partial charge in [-0.3, -0.25) is 0 Å². The van der Waals surface area contributed by atoms with Crippen LogP contribution in [0.4, 0.5) is 0 Å². The lowest BCUT2D eigenvalue weighted by Gasteiger charge is -1.96. The highest BCUT2D eigenvalue weighted by Gasteiger charge is 1.95. The lowest BCUT2D eigenvalue weighted by atomic mass is 10.4. The van der Waals surface area contributed by atoms with E-state index in [1.54, 1.807) is 18.0 Å². The van der Waals surface area contributed by atoms with E-state index in [2.05, 4.69) is 10.9 Å². The largest absolute Gasteiger partial charge is 0.247 e. The maximum absolute atomic E-state index is 5.20. The number of hydrogen-bond acceptors (Lipinski definition) is 2. The molecule has 0 amide bonds. The third kappa shape index (κ3) is 1.31. The highest BCUT2D eigenvalue weighted by Crippen LogP contribution is 2.15. The van der Waals surface area contributed by atoms with E-state index in [9.17, 15) is 0 Å². The van der Waals surface area contributed by atoms with Gasteiger partial charge >= 0.3 is 0 Å². The second kappa shape index (κ2) is 3.28. The van der Waals surface area contributed by atoms with Crippen molar-refractivity contribution in [1.82, 2.24) is 4.98 Å². The van der Waals surface area contributed by atoms with Gasteiger partial charge in [-0.25, -0.2) is 4.98 Å². The summed E-state index contributed by atoms with van der Waals surface area (Å²) in [6.07, 6.45) is 8.89. The fourth-order valence-electron chi connectivity index (χ4n) is 0.664. The van der Waals surface area contributed by atoms with Crippen LogP contribution < -0.4 is 0 Å². The minimum Gasteiger partial charge on any atom is -0.247 e. The van der Waals surface area contributed by atoms with Crippen LogP contribution in [0.5, 0.6) is 0 Å². The van der Waals surface area contributed by atoms with Crippen LogP contribution in [0.3, 0.4) is 0 Å². The number of thioether (sulfide) groups is 1. The summed E-state index contributed by atoms with van der Waals surface area (Å²) in [7, 11) is 0. The molecule has 0 N–H and O–H groups in total. The standard InChI is InChI=1S/C8H7NS/c1-3-7-8(10-2)5-4-6-9-7/h1,4-6H,2H3. The molecule has 0 atom stereocenters. The first-order valence-electron chi connectivity index (χ1n) is 2.84. The molecule has 0 aromatic carbocycles. The predicted octanol–water partition coefficient (Wildman–Crippen LogP) is 1.78. The van der Waals surface area contributed by atoms with Crippen LogP contribution >= 0.6 is 11.8 Å². The molecule has 1 nitrogen and oxygen atoms in total. The van der Waals surface area contributed by atoms with Gasteiger partial charge in [0, 0.05) is 11.1 Å². The van der Waals surface area contributed by atoms with Crippen molar-refractivity contribution in [2.75, 3.05) is 6.26 Å². The molecule has 0 spiro atoms. The van der Waals surface area contributed by atoms with Gasteiger partial charge in [0.1, 0.15) is 5.69 Å². The molecule has 2 heteroatoms. The first kappa shape index (κ1) is 7.17. The zero-order valence-corrected chi connectivity index (χ0v) is 6.48. The Labute approximate surface area is 64.9 Å². The SMILES string of the molecule is C#Cc1ncccc1SC. The van der Waals surface area contributed by atoms with Crippen molar-refractivity contribution < 1.29 is 0 Å². The first-order valence-corrected chi connectivity index (χ1v) is 4.06. The summed E-state index contributed by atoms with van der Waals surface area (Å²) in [4.78, 5) is 5.07. The molecule has 1 rings (SSSR count). The number of pyridine rings is 1. The summed E-state index contributed by atoms with van der Waals surface area (Å²) in [5, 5.41) is 0. The van der Waals surface area contributed by atoms with E-state index in [1.165, 1.54) is 0 Å². The molecule has 1 aromatic rings. The first-order chi connectivity index (χ1) is 4.88. The smallest absolute Gasteiger partial charge is 0.126 e. The van der Waals surface area contributed by atoms with E-state index in [0.29, 0.717) is 0 Å². The molecule has 0 fully saturated rings. The van der Waals surface area contributed by atoms with Crippen molar-refractivity contribution >= 4 is 11.8 Å². The highest BCUT2D eigenvalue weighted by molar-refractivity contribution is 7.98.